The zero-order valence-corrected chi connectivity index (χ0v) is 10.2. The van der Waals surface area contributed by atoms with Gasteiger partial charge in [0.05, 0.1) is 12.1 Å². The average Bonchev–Trinajstić information content (AvgIpc) is 2.83. The number of alkyl carbamates (subject to hydrolysis) is 1. The molecule has 0 atom stereocenters. The maximum atomic E-state index is 10.8. The van der Waals surface area contributed by atoms with Crippen LogP contribution in [0.15, 0.2) is 35.6 Å². The summed E-state index contributed by atoms with van der Waals surface area (Å²) in [6.45, 7) is 0.572. The lowest BCUT2D eigenvalue weighted by atomic mass is 10.5. The Morgan fingerprint density at radius 3 is 3.29 bits per heavy atom. The quantitative estimate of drug-likeness (QED) is 0.665. The maximum Gasteiger partial charge on any atom is 0.406 e. The third kappa shape index (κ3) is 2.91. The van der Waals surface area contributed by atoms with Crippen molar-refractivity contribution in [3.63, 3.8) is 0 Å². The molecule has 0 saturated carbocycles. The summed E-state index contributed by atoms with van der Waals surface area (Å²) in [6.07, 6.45) is 3.30. The molecule has 0 aliphatic rings. The van der Waals surface area contributed by atoms with Crippen LogP contribution in [0.25, 0.3) is 5.65 Å². The van der Waals surface area contributed by atoms with Gasteiger partial charge in [0.25, 0.3) is 0 Å². The van der Waals surface area contributed by atoms with Crippen molar-refractivity contribution in [1.82, 2.24) is 14.7 Å². The number of pyridine rings is 1. The van der Waals surface area contributed by atoms with Gasteiger partial charge in [-0.05, 0) is 12.1 Å². The topological polar surface area (TPSA) is 55.6 Å². The van der Waals surface area contributed by atoms with Gasteiger partial charge in [0.15, 0.2) is 0 Å². The minimum absolute atomic E-state index is 0.397. The molecule has 2 aromatic heterocycles. The molecule has 2 aromatic rings. The summed E-state index contributed by atoms with van der Waals surface area (Å²) in [6, 6.07) is 5.95. The number of carbonyl (C=O) groups excluding carboxylic acids is 1. The third-order valence-electron chi connectivity index (χ3n) is 2.20. The van der Waals surface area contributed by atoms with Crippen LogP contribution in [-0.4, -0.2) is 34.9 Å². The standard InChI is InChI=1S/C11H13N3O2S/c1-16-11(15)13-6-8-17-10-4-2-3-9-12-5-7-14(9)10/h2-5,7H,6,8H2,1H3,(H,13,15). The van der Waals surface area contributed by atoms with Crippen LogP contribution in [0.5, 0.6) is 0 Å². The van der Waals surface area contributed by atoms with Gasteiger partial charge in [-0.3, -0.25) is 4.40 Å². The molecule has 0 radical (unpaired) electrons. The van der Waals surface area contributed by atoms with E-state index in [0.717, 1.165) is 16.4 Å². The first-order valence-corrected chi connectivity index (χ1v) is 6.16. The molecule has 0 saturated heterocycles. The predicted octanol–water partition coefficient (Wildman–Crippen LogP) is 1.78. The highest BCUT2D eigenvalue weighted by atomic mass is 32.2. The van der Waals surface area contributed by atoms with E-state index in [1.165, 1.54) is 7.11 Å². The van der Waals surface area contributed by atoms with Crippen molar-refractivity contribution in [1.29, 1.82) is 0 Å². The Bertz CT molecular complexity index is 512. The number of nitrogens with one attached hydrogen (secondary N) is 1. The number of aromatic nitrogens is 2. The normalized spacial score (nSPS) is 10.4. The van der Waals surface area contributed by atoms with E-state index in [2.05, 4.69) is 15.0 Å². The van der Waals surface area contributed by atoms with Crippen LogP contribution in [0.3, 0.4) is 0 Å². The van der Waals surface area contributed by atoms with Gasteiger partial charge < -0.3 is 10.1 Å². The molecule has 0 bridgehead atoms. The van der Waals surface area contributed by atoms with E-state index in [0.29, 0.717) is 6.54 Å². The molecular formula is C11H13N3O2S. The van der Waals surface area contributed by atoms with Gasteiger partial charge >= 0.3 is 6.09 Å². The zero-order valence-electron chi connectivity index (χ0n) is 9.42. The van der Waals surface area contributed by atoms with E-state index >= 15 is 0 Å². The molecule has 17 heavy (non-hydrogen) atoms. The maximum absolute atomic E-state index is 10.8. The molecule has 0 spiro atoms. The van der Waals surface area contributed by atoms with Crippen molar-refractivity contribution < 1.29 is 9.53 Å². The molecule has 2 heterocycles. The number of ether oxygens (including phenoxy) is 1. The first-order chi connectivity index (χ1) is 8.31. The second-order valence-electron chi connectivity index (χ2n) is 3.29. The van der Waals surface area contributed by atoms with Crippen molar-refractivity contribution in [2.24, 2.45) is 0 Å². The lowest BCUT2D eigenvalue weighted by molar-refractivity contribution is 0.172. The summed E-state index contributed by atoms with van der Waals surface area (Å²) >= 11 is 1.66. The molecule has 1 amide bonds. The Hall–Kier alpha value is -1.69. The summed E-state index contributed by atoms with van der Waals surface area (Å²) in [5, 5.41) is 3.74. The molecule has 1 N–H and O–H groups in total. The van der Waals surface area contributed by atoms with E-state index < -0.39 is 6.09 Å². The van der Waals surface area contributed by atoms with E-state index in [1.54, 1.807) is 18.0 Å². The van der Waals surface area contributed by atoms with Crippen LogP contribution in [0.4, 0.5) is 4.79 Å². The number of hydrogen-bond acceptors (Lipinski definition) is 4. The molecule has 0 unspecified atom stereocenters. The Morgan fingerprint density at radius 2 is 2.47 bits per heavy atom. The van der Waals surface area contributed by atoms with E-state index in [9.17, 15) is 4.79 Å². The molecule has 0 fully saturated rings. The summed E-state index contributed by atoms with van der Waals surface area (Å²) < 4.78 is 6.50. The Kier molecular flexibility index (Phi) is 3.87. The number of methoxy groups -OCH3 is 1. The lowest BCUT2D eigenvalue weighted by Gasteiger charge is -2.05. The lowest BCUT2D eigenvalue weighted by Crippen LogP contribution is -2.25. The van der Waals surface area contributed by atoms with Crippen LogP contribution in [-0.2, 0) is 4.74 Å². The number of carbonyl (C=O) groups is 1. The fraction of sp³-hybridized carbons (Fsp3) is 0.273. The van der Waals surface area contributed by atoms with E-state index in [-0.39, 0.29) is 0 Å². The number of thioether (sulfide) groups is 1. The van der Waals surface area contributed by atoms with Gasteiger partial charge in [-0.1, -0.05) is 6.07 Å². The van der Waals surface area contributed by atoms with Crippen LogP contribution in [0, 0.1) is 0 Å². The van der Waals surface area contributed by atoms with Gasteiger partial charge in [-0.2, -0.15) is 0 Å². The largest absolute Gasteiger partial charge is 0.453 e. The molecule has 0 aliphatic carbocycles. The fourth-order valence-electron chi connectivity index (χ4n) is 1.42. The van der Waals surface area contributed by atoms with Crippen molar-refractivity contribution in [2.75, 3.05) is 19.4 Å². The molecule has 90 valence electrons. The first kappa shape index (κ1) is 11.8. The summed E-state index contributed by atoms with van der Waals surface area (Å²) in [5.74, 6) is 0.784. The second-order valence-corrected chi connectivity index (χ2v) is 4.40. The number of nitrogens with zero attached hydrogens (tertiary/aromatic N) is 2. The first-order valence-electron chi connectivity index (χ1n) is 5.18. The molecule has 2 rings (SSSR count). The van der Waals surface area contributed by atoms with Gasteiger partial charge in [0.2, 0.25) is 0 Å². The molecule has 0 aliphatic heterocycles. The monoisotopic (exact) mass is 251 g/mol. The zero-order chi connectivity index (χ0) is 12.1. The van der Waals surface area contributed by atoms with E-state index in [1.807, 2.05) is 28.8 Å². The van der Waals surface area contributed by atoms with Gasteiger partial charge in [-0.25, -0.2) is 9.78 Å². The van der Waals surface area contributed by atoms with Crippen LogP contribution in [0.1, 0.15) is 0 Å². The van der Waals surface area contributed by atoms with Crippen LogP contribution in [0.2, 0.25) is 0 Å². The summed E-state index contributed by atoms with van der Waals surface area (Å²) in [7, 11) is 1.36. The summed E-state index contributed by atoms with van der Waals surface area (Å²) in [5.41, 5.74) is 0.927. The smallest absolute Gasteiger partial charge is 0.406 e. The predicted molar refractivity (Wildman–Crippen MR) is 66.3 cm³/mol. The number of hydrogen-bond donors (Lipinski definition) is 1. The second kappa shape index (κ2) is 5.58. The molecule has 5 nitrogen and oxygen atoms in total. The van der Waals surface area contributed by atoms with Gasteiger partial charge in [0, 0.05) is 24.7 Å². The molecule has 0 aromatic carbocycles. The minimum atomic E-state index is -0.397. The van der Waals surface area contributed by atoms with Crippen molar-refractivity contribution >= 4 is 23.5 Å². The minimum Gasteiger partial charge on any atom is -0.453 e. The Labute approximate surface area is 103 Å². The van der Waals surface area contributed by atoms with Gasteiger partial charge in [-0.15, -0.1) is 11.8 Å². The van der Waals surface area contributed by atoms with Crippen molar-refractivity contribution in [2.45, 2.75) is 5.03 Å². The number of rotatable bonds is 4. The van der Waals surface area contributed by atoms with Gasteiger partial charge in [0.1, 0.15) is 5.65 Å². The Balaban J connectivity index is 1.91. The fourth-order valence-corrected chi connectivity index (χ4v) is 2.30. The molecular weight excluding hydrogens is 238 g/mol. The number of fused-ring (bicyclic) bond motifs is 1. The average molecular weight is 251 g/mol. The highest BCUT2D eigenvalue weighted by molar-refractivity contribution is 7.99. The van der Waals surface area contributed by atoms with Crippen LogP contribution >= 0.6 is 11.8 Å². The highest BCUT2D eigenvalue weighted by Gasteiger charge is 2.02. The number of amides is 1. The van der Waals surface area contributed by atoms with Crippen molar-refractivity contribution in [3.05, 3.63) is 30.6 Å². The Morgan fingerprint density at radius 1 is 1.59 bits per heavy atom. The van der Waals surface area contributed by atoms with E-state index in [4.69, 9.17) is 0 Å². The SMILES string of the molecule is COC(=O)NCCSc1cccc2nccn12. The number of imidazole rings is 1. The third-order valence-corrected chi connectivity index (χ3v) is 3.23. The summed E-state index contributed by atoms with van der Waals surface area (Å²) in [4.78, 5) is 15.0. The highest BCUT2D eigenvalue weighted by Crippen LogP contribution is 2.18. The molecule has 6 heteroatoms. The van der Waals surface area contributed by atoms with Crippen LogP contribution < -0.4 is 5.32 Å². The van der Waals surface area contributed by atoms with Crippen molar-refractivity contribution in [3.8, 4) is 0 Å².